The van der Waals surface area contributed by atoms with E-state index in [9.17, 15) is 14.9 Å². The van der Waals surface area contributed by atoms with Crippen molar-refractivity contribution in [2.45, 2.75) is 13.2 Å². The van der Waals surface area contributed by atoms with Crippen LogP contribution < -0.4 is 4.74 Å². The van der Waals surface area contributed by atoms with E-state index in [1.54, 1.807) is 18.2 Å². The van der Waals surface area contributed by atoms with Crippen LogP contribution in [0.1, 0.15) is 18.7 Å². The van der Waals surface area contributed by atoms with Gasteiger partial charge in [0, 0.05) is 18.0 Å². The van der Waals surface area contributed by atoms with Crippen LogP contribution in [0, 0.1) is 10.1 Å². The zero-order chi connectivity index (χ0) is 19.6. The van der Waals surface area contributed by atoms with Crippen LogP contribution in [0.5, 0.6) is 5.75 Å². The van der Waals surface area contributed by atoms with Gasteiger partial charge < -0.3 is 9.47 Å². The fourth-order valence-corrected chi connectivity index (χ4v) is 2.93. The number of nitro benzene ring substituents is 1. The molecule has 2 aromatic carbocycles. The summed E-state index contributed by atoms with van der Waals surface area (Å²) in [6.45, 7) is 1.16. The summed E-state index contributed by atoms with van der Waals surface area (Å²) in [7, 11) is 0. The van der Waals surface area contributed by atoms with Gasteiger partial charge in [0.05, 0.1) is 15.5 Å². The van der Waals surface area contributed by atoms with Crippen molar-refractivity contribution in [1.82, 2.24) is 5.01 Å². The van der Waals surface area contributed by atoms with Crippen LogP contribution in [0.25, 0.3) is 0 Å². The van der Waals surface area contributed by atoms with Gasteiger partial charge in [-0.05, 0) is 24.3 Å². The lowest BCUT2D eigenvalue weighted by Crippen LogP contribution is -2.26. The lowest BCUT2D eigenvalue weighted by molar-refractivity contribution is -0.386. The van der Waals surface area contributed by atoms with Gasteiger partial charge in [-0.1, -0.05) is 35.3 Å². The monoisotopic (exact) mass is 409 g/mol. The minimum Gasteiger partial charge on any atom is -0.482 e. The molecule has 1 atom stereocenters. The van der Waals surface area contributed by atoms with Crippen molar-refractivity contribution in [3.63, 3.8) is 0 Å². The Labute approximate surface area is 164 Å². The number of nitro groups is 1. The summed E-state index contributed by atoms with van der Waals surface area (Å²) in [5, 5.41) is 17.1. The highest BCUT2D eigenvalue weighted by Gasteiger charge is 2.36. The van der Waals surface area contributed by atoms with E-state index in [-0.39, 0.29) is 23.8 Å². The predicted molar refractivity (Wildman–Crippen MR) is 98.8 cm³/mol. The SMILES string of the molecule is CC(=O)N1N=C(COc2ccc(Cl)cc2Cl)O[C@@H]1c1ccccc1[N+](=O)[O-]. The molecule has 1 aliphatic heterocycles. The van der Waals surface area contributed by atoms with Gasteiger partial charge in [-0.2, -0.15) is 5.01 Å². The Balaban J connectivity index is 1.80. The second kappa shape index (κ2) is 7.81. The van der Waals surface area contributed by atoms with E-state index in [2.05, 4.69) is 5.10 Å². The molecule has 140 valence electrons. The molecular weight excluding hydrogens is 397 g/mol. The minimum atomic E-state index is -1.05. The van der Waals surface area contributed by atoms with E-state index in [0.717, 1.165) is 5.01 Å². The topological polar surface area (TPSA) is 94.3 Å². The molecule has 1 amide bonds. The highest BCUT2D eigenvalue weighted by atomic mass is 35.5. The summed E-state index contributed by atoms with van der Waals surface area (Å²) in [5.41, 5.74) is 0.0350. The second-order valence-electron chi connectivity index (χ2n) is 5.51. The molecule has 0 unspecified atom stereocenters. The van der Waals surface area contributed by atoms with Crippen LogP contribution in [0.2, 0.25) is 10.0 Å². The molecule has 0 fully saturated rings. The number of rotatable bonds is 5. The van der Waals surface area contributed by atoms with Gasteiger partial charge in [0.15, 0.2) is 6.61 Å². The zero-order valence-corrected chi connectivity index (χ0v) is 15.5. The van der Waals surface area contributed by atoms with Gasteiger partial charge in [0.2, 0.25) is 18.0 Å². The Bertz CT molecular complexity index is 935. The van der Waals surface area contributed by atoms with Crippen LogP contribution in [0.4, 0.5) is 5.69 Å². The number of hydrogen-bond acceptors (Lipinski definition) is 6. The lowest BCUT2D eigenvalue weighted by Gasteiger charge is -2.19. The molecule has 0 saturated heterocycles. The third-order valence-electron chi connectivity index (χ3n) is 3.66. The summed E-state index contributed by atoms with van der Waals surface area (Å²) in [6, 6.07) is 10.7. The number of halogens is 2. The van der Waals surface area contributed by atoms with Gasteiger partial charge >= 0.3 is 0 Å². The van der Waals surface area contributed by atoms with Crippen molar-refractivity contribution in [2.75, 3.05) is 6.61 Å². The number of ether oxygens (including phenoxy) is 2. The molecule has 2 aromatic rings. The first-order valence-corrected chi connectivity index (χ1v) is 8.47. The molecular formula is C17H13Cl2N3O5. The fraction of sp³-hybridized carbons (Fsp3) is 0.176. The second-order valence-corrected chi connectivity index (χ2v) is 6.35. The quantitative estimate of drug-likeness (QED) is 0.545. The molecule has 8 nitrogen and oxygen atoms in total. The third-order valence-corrected chi connectivity index (χ3v) is 4.19. The molecule has 27 heavy (non-hydrogen) atoms. The third kappa shape index (κ3) is 4.12. The Kier molecular flexibility index (Phi) is 5.48. The molecule has 0 saturated carbocycles. The summed E-state index contributed by atoms with van der Waals surface area (Å²) in [6.07, 6.45) is -1.05. The van der Waals surface area contributed by atoms with Crippen molar-refractivity contribution < 1.29 is 19.2 Å². The number of hydrogen-bond donors (Lipinski definition) is 0. The van der Waals surface area contributed by atoms with E-state index in [1.807, 2.05) is 0 Å². The lowest BCUT2D eigenvalue weighted by atomic mass is 10.1. The molecule has 0 radical (unpaired) electrons. The maximum absolute atomic E-state index is 11.9. The smallest absolute Gasteiger partial charge is 0.278 e. The van der Waals surface area contributed by atoms with Crippen molar-refractivity contribution in [3.05, 3.63) is 68.2 Å². The van der Waals surface area contributed by atoms with Crippen LogP contribution in [0.15, 0.2) is 47.6 Å². The zero-order valence-electron chi connectivity index (χ0n) is 14.0. The van der Waals surface area contributed by atoms with Crippen molar-refractivity contribution >= 4 is 40.7 Å². The van der Waals surface area contributed by atoms with Crippen LogP contribution in [-0.2, 0) is 9.53 Å². The predicted octanol–water partition coefficient (Wildman–Crippen LogP) is 4.17. The number of hydrazone groups is 1. The van der Waals surface area contributed by atoms with Crippen molar-refractivity contribution in [1.29, 1.82) is 0 Å². The van der Waals surface area contributed by atoms with Gasteiger partial charge in [-0.25, -0.2) is 0 Å². The number of carbonyl (C=O) groups excluding carboxylic acids is 1. The first kappa shape index (κ1) is 18.9. The van der Waals surface area contributed by atoms with E-state index in [1.165, 1.54) is 31.2 Å². The molecule has 0 bridgehead atoms. The maximum atomic E-state index is 11.9. The van der Waals surface area contributed by atoms with Gasteiger partial charge in [-0.3, -0.25) is 14.9 Å². The number of amides is 1. The molecule has 0 N–H and O–H groups in total. The van der Waals surface area contributed by atoms with E-state index >= 15 is 0 Å². The average molecular weight is 410 g/mol. The van der Waals surface area contributed by atoms with Crippen LogP contribution in [-0.4, -0.2) is 28.3 Å². The molecule has 0 spiro atoms. The standard InChI is InChI=1S/C17H13Cl2N3O5/c1-10(23)21-17(12-4-2-3-5-14(12)22(24)25)27-16(20-21)9-26-15-7-6-11(18)8-13(15)19/h2-8,17H,9H2,1H3/t17-/m1/s1. The summed E-state index contributed by atoms with van der Waals surface area (Å²) in [4.78, 5) is 22.6. The normalized spacial score (nSPS) is 15.9. The summed E-state index contributed by atoms with van der Waals surface area (Å²) in [5.74, 6) is 0.00734. The molecule has 1 heterocycles. The van der Waals surface area contributed by atoms with E-state index < -0.39 is 17.1 Å². The molecule has 10 heteroatoms. The van der Waals surface area contributed by atoms with Crippen molar-refractivity contribution in [3.8, 4) is 5.75 Å². The molecule has 0 aliphatic carbocycles. The van der Waals surface area contributed by atoms with Gasteiger partial charge in [0.1, 0.15) is 5.75 Å². The maximum Gasteiger partial charge on any atom is 0.278 e. The number of benzene rings is 2. The van der Waals surface area contributed by atoms with Gasteiger partial charge in [0.25, 0.3) is 5.69 Å². The Morgan fingerprint density at radius 2 is 2.07 bits per heavy atom. The first-order chi connectivity index (χ1) is 12.9. The number of nitrogens with zero attached hydrogens (tertiary/aromatic N) is 3. The van der Waals surface area contributed by atoms with E-state index in [4.69, 9.17) is 32.7 Å². The van der Waals surface area contributed by atoms with E-state index in [0.29, 0.717) is 15.8 Å². The average Bonchev–Trinajstić information content (AvgIpc) is 3.05. The Morgan fingerprint density at radius 1 is 1.33 bits per heavy atom. The van der Waals surface area contributed by atoms with Crippen LogP contribution in [0.3, 0.4) is 0 Å². The fourth-order valence-electron chi connectivity index (χ4n) is 2.46. The molecule has 1 aliphatic rings. The van der Waals surface area contributed by atoms with Crippen molar-refractivity contribution in [2.24, 2.45) is 5.10 Å². The number of carbonyl (C=O) groups is 1. The highest BCUT2D eigenvalue weighted by molar-refractivity contribution is 6.35. The van der Waals surface area contributed by atoms with Gasteiger partial charge in [-0.15, -0.1) is 5.10 Å². The molecule has 0 aromatic heterocycles. The largest absolute Gasteiger partial charge is 0.482 e. The minimum absolute atomic E-state index is 0.0827. The van der Waals surface area contributed by atoms with Crippen LogP contribution >= 0.6 is 23.2 Å². The molecule has 3 rings (SSSR count). The summed E-state index contributed by atoms with van der Waals surface area (Å²) < 4.78 is 11.2. The Hall–Kier alpha value is -2.84. The highest BCUT2D eigenvalue weighted by Crippen LogP contribution is 2.34. The first-order valence-electron chi connectivity index (χ1n) is 7.72. The summed E-state index contributed by atoms with van der Waals surface area (Å²) >= 11 is 11.9. The number of para-hydroxylation sites is 1. The Morgan fingerprint density at radius 3 is 2.74 bits per heavy atom.